The standard InChI is InChI=1S/C71H120O6/c1-4-7-10-13-16-19-22-24-26-27-28-29-30-31-32-33-34-35-36-37-38-39-40-41-42-43-44-45-46-48-49-52-55-58-61-64-70(73)76-67-68(66-75-69(72)63-60-57-54-51-21-18-15-12-9-6-3)77-71(74)65-62-59-56-53-50-47-25-23-20-17-14-11-8-5-2/h7,10,12,15-16,19,24,26,28-29,31-32,34-35,37-38,40-41,68H,4-6,8-9,11,13-14,17-18,20-23,25,27,30,33,36,39,42-67H2,1-3H3/b10-7-,15-12-,19-16-,26-24-,29-28-,32-31-,35-34-,38-37-,41-40-. The Kier molecular flexibility index (Phi) is 61.3. The Morgan fingerprint density at radius 2 is 0.532 bits per heavy atom. The van der Waals surface area contributed by atoms with Crippen molar-refractivity contribution in [3.05, 3.63) is 109 Å². The topological polar surface area (TPSA) is 78.9 Å². The molecule has 0 aliphatic rings. The molecule has 0 radical (unpaired) electrons. The zero-order chi connectivity index (χ0) is 55.7. The first kappa shape index (κ1) is 73.1. The second kappa shape index (κ2) is 64.6. The van der Waals surface area contributed by atoms with Crippen molar-refractivity contribution < 1.29 is 28.6 Å². The Balaban J connectivity index is 4.14. The number of carbonyl (C=O) groups excluding carboxylic acids is 3. The molecule has 6 nitrogen and oxygen atoms in total. The molecule has 0 saturated carbocycles. The molecule has 0 aromatic rings. The fourth-order valence-electron chi connectivity index (χ4n) is 8.93. The zero-order valence-corrected chi connectivity index (χ0v) is 50.4. The summed E-state index contributed by atoms with van der Waals surface area (Å²) in [5.74, 6) is -0.887. The van der Waals surface area contributed by atoms with Gasteiger partial charge in [0.2, 0.25) is 0 Å². The lowest BCUT2D eigenvalue weighted by Gasteiger charge is -2.18. The van der Waals surface area contributed by atoms with Crippen molar-refractivity contribution in [3.63, 3.8) is 0 Å². The summed E-state index contributed by atoms with van der Waals surface area (Å²) < 4.78 is 16.9. The smallest absolute Gasteiger partial charge is 0.306 e. The van der Waals surface area contributed by atoms with E-state index in [1.165, 1.54) is 141 Å². The molecule has 0 rings (SSSR count). The van der Waals surface area contributed by atoms with E-state index in [9.17, 15) is 14.4 Å². The highest BCUT2D eigenvalue weighted by Gasteiger charge is 2.19. The maximum absolute atomic E-state index is 12.8. The number of hydrogen-bond acceptors (Lipinski definition) is 6. The van der Waals surface area contributed by atoms with Gasteiger partial charge in [-0.05, 0) is 103 Å². The number of esters is 3. The van der Waals surface area contributed by atoms with Gasteiger partial charge < -0.3 is 14.2 Å². The fraction of sp³-hybridized carbons (Fsp3) is 0.704. The average molecular weight is 1070 g/mol. The average Bonchev–Trinajstić information content (AvgIpc) is 3.43. The maximum atomic E-state index is 12.8. The summed E-state index contributed by atoms with van der Waals surface area (Å²) in [4.78, 5) is 38.1. The molecule has 0 saturated heterocycles. The van der Waals surface area contributed by atoms with Crippen LogP contribution in [0.15, 0.2) is 109 Å². The number of hydrogen-bond donors (Lipinski definition) is 0. The molecule has 0 aliphatic carbocycles. The van der Waals surface area contributed by atoms with E-state index >= 15 is 0 Å². The Morgan fingerprint density at radius 3 is 0.857 bits per heavy atom. The van der Waals surface area contributed by atoms with Crippen LogP contribution in [0.1, 0.15) is 303 Å². The van der Waals surface area contributed by atoms with Crippen molar-refractivity contribution >= 4 is 17.9 Å². The van der Waals surface area contributed by atoms with Gasteiger partial charge in [0, 0.05) is 19.3 Å². The summed E-state index contributed by atoms with van der Waals surface area (Å²) in [7, 11) is 0. The lowest BCUT2D eigenvalue weighted by atomic mass is 10.0. The van der Waals surface area contributed by atoms with Crippen LogP contribution in [0.2, 0.25) is 0 Å². The third-order valence-electron chi connectivity index (χ3n) is 13.7. The molecule has 6 heteroatoms. The Bertz CT molecular complexity index is 1560. The molecule has 0 aliphatic heterocycles. The van der Waals surface area contributed by atoms with Crippen LogP contribution in [-0.4, -0.2) is 37.2 Å². The number of carbonyl (C=O) groups is 3. The molecule has 0 heterocycles. The van der Waals surface area contributed by atoms with Gasteiger partial charge in [-0.2, -0.15) is 0 Å². The second-order valence-electron chi connectivity index (χ2n) is 21.3. The Hall–Kier alpha value is -3.93. The van der Waals surface area contributed by atoms with Gasteiger partial charge in [-0.1, -0.05) is 291 Å². The minimum absolute atomic E-state index is 0.0801. The van der Waals surface area contributed by atoms with Gasteiger partial charge in [0.15, 0.2) is 6.10 Å². The van der Waals surface area contributed by atoms with E-state index in [-0.39, 0.29) is 31.1 Å². The number of rotatable bonds is 58. The first-order valence-corrected chi connectivity index (χ1v) is 32.4. The van der Waals surface area contributed by atoms with Crippen LogP contribution < -0.4 is 0 Å². The predicted molar refractivity (Wildman–Crippen MR) is 334 cm³/mol. The van der Waals surface area contributed by atoms with Crippen LogP contribution >= 0.6 is 0 Å². The van der Waals surface area contributed by atoms with Crippen molar-refractivity contribution in [2.24, 2.45) is 0 Å². The van der Waals surface area contributed by atoms with Crippen LogP contribution in [0.4, 0.5) is 0 Å². The molecule has 0 N–H and O–H groups in total. The second-order valence-corrected chi connectivity index (χ2v) is 21.3. The molecule has 440 valence electrons. The van der Waals surface area contributed by atoms with Gasteiger partial charge >= 0.3 is 17.9 Å². The third-order valence-corrected chi connectivity index (χ3v) is 13.7. The molecule has 0 fully saturated rings. The zero-order valence-electron chi connectivity index (χ0n) is 50.4. The highest BCUT2D eigenvalue weighted by atomic mass is 16.6. The summed E-state index contributed by atoms with van der Waals surface area (Å²) in [6.45, 7) is 6.47. The highest BCUT2D eigenvalue weighted by Crippen LogP contribution is 2.16. The van der Waals surface area contributed by atoms with Crippen molar-refractivity contribution in [3.8, 4) is 0 Å². The molecule has 0 amide bonds. The Morgan fingerprint density at radius 1 is 0.273 bits per heavy atom. The number of ether oxygens (including phenoxy) is 3. The summed E-state index contributed by atoms with van der Waals surface area (Å²) >= 11 is 0. The maximum Gasteiger partial charge on any atom is 0.306 e. The van der Waals surface area contributed by atoms with Crippen LogP contribution in [-0.2, 0) is 28.6 Å². The van der Waals surface area contributed by atoms with Crippen molar-refractivity contribution in [1.29, 1.82) is 0 Å². The van der Waals surface area contributed by atoms with Gasteiger partial charge in [0.05, 0.1) is 0 Å². The van der Waals surface area contributed by atoms with Gasteiger partial charge in [-0.3, -0.25) is 14.4 Å². The van der Waals surface area contributed by atoms with Crippen LogP contribution in [0.5, 0.6) is 0 Å². The largest absolute Gasteiger partial charge is 0.462 e. The normalized spacial score (nSPS) is 12.8. The first-order valence-electron chi connectivity index (χ1n) is 32.4. The highest BCUT2D eigenvalue weighted by molar-refractivity contribution is 5.71. The van der Waals surface area contributed by atoms with E-state index in [0.717, 1.165) is 122 Å². The lowest BCUT2D eigenvalue weighted by Crippen LogP contribution is -2.30. The summed E-state index contributed by atoms with van der Waals surface area (Å²) in [6.07, 6.45) is 88.3. The van der Waals surface area contributed by atoms with E-state index in [2.05, 4.69) is 130 Å². The molecule has 0 aromatic heterocycles. The number of unbranched alkanes of at least 4 members (excludes halogenated alkanes) is 29. The van der Waals surface area contributed by atoms with Crippen LogP contribution in [0.25, 0.3) is 0 Å². The lowest BCUT2D eigenvalue weighted by molar-refractivity contribution is -0.167. The molecule has 1 atom stereocenters. The summed E-state index contributed by atoms with van der Waals surface area (Å²) in [5.41, 5.74) is 0. The molecule has 0 aromatic carbocycles. The quantitative estimate of drug-likeness (QED) is 0.0261. The van der Waals surface area contributed by atoms with Crippen molar-refractivity contribution in [1.82, 2.24) is 0 Å². The van der Waals surface area contributed by atoms with E-state index in [4.69, 9.17) is 14.2 Å². The minimum Gasteiger partial charge on any atom is -0.462 e. The van der Waals surface area contributed by atoms with Crippen molar-refractivity contribution in [2.45, 2.75) is 309 Å². The summed E-state index contributed by atoms with van der Waals surface area (Å²) in [6, 6.07) is 0. The SMILES string of the molecule is CC/C=C\C/C=C\C/C=C\C/C=C\C/C=C\C/C=C\C/C=C\C/C=C\CCCCCCCCCCCCC(=O)OCC(COC(=O)CCCCCCC/C=C\CCC)OC(=O)CCCCCCCCCCCCCCCC. The van der Waals surface area contributed by atoms with E-state index in [1.54, 1.807) is 0 Å². The minimum atomic E-state index is -0.780. The van der Waals surface area contributed by atoms with E-state index in [0.29, 0.717) is 19.3 Å². The molecule has 0 bridgehead atoms. The van der Waals surface area contributed by atoms with Gasteiger partial charge in [0.25, 0.3) is 0 Å². The summed E-state index contributed by atoms with van der Waals surface area (Å²) in [5, 5.41) is 0. The molecule has 0 spiro atoms. The molecular formula is C71H120O6. The van der Waals surface area contributed by atoms with E-state index in [1.807, 2.05) is 0 Å². The fourth-order valence-corrected chi connectivity index (χ4v) is 8.93. The number of allylic oxidation sites excluding steroid dienone is 18. The Labute approximate surface area is 476 Å². The van der Waals surface area contributed by atoms with Crippen LogP contribution in [0.3, 0.4) is 0 Å². The van der Waals surface area contributed by atoms with Gasteiger partial charge in [-0.25, -0.2) is 0 Å². The van der Waals surface area contributed by atoms with Gasteiger partial charge in [-0.15, -0.1) is 0 Å². The third kappa shape index (κ3) is 62.8. The predicted octanol–water partition coefficient (Wildman–Crippen LogP) is 22.2. The molecule has 77 heavy (non-hydrogen) atoms. The van der Waals surface area contributed by atoms with Crippen LogP contribution in [0, 0.1) is 0 Å². The monoisotopic (exact) mass is 1070 g/mol. The molecule has 1 unspecified atom stereocenters. The van der Waals surface area contributed by atoms with Crippen molar-refractivity contribution in [2.75, 3.05) is 13.2 Å². The molecular weight excluding hydrogens is 949 g/mol. The van der Waals surface area contributed by atoms with E-state index < -0.39 is 6.10 Å². The first-order chi connectivity index (χ1) is 38.0. The van der Waals surface area contributed by atoms with Gasteiger partial charge in [0.1, 0.15) is 13.2 Å².